The lowest BCUT2D eigenvalue weighted by Gasteiger charge is -2.08. The van der Waals surface area contributed by atoms with E-state index in [0.717, 1.165) is 41.9 Å². The van der Waals surface area contributed by atoms with Gasteiger partial charge in [-0.05, 0) is 30.5 Å². The normalized spacial score (nSPS) is 14.4. The van der Waals surface area contributed by atoms with Crippen molar-refractivity contribution in [1.29, 1.82) is 0 Å². The van der Waals surface area contributed by atoms with E-state index in [0.29, 0.717) is 18.5 Å². The van der Waals surface area contributed by atoms with Crippen LogP contribution in [-0.2, 0) is 39.8 Å². The minimum absolute atomic E-state index is 0.147. The number of hydrogen-bond donors (Lipinski definition) is 1. The molecule has 0 spiro atoms. The zero-order chi connectivity index (χ0) is 19.3. The van der Waals surface area contributed by atoms with Crippen LogP contribution in [0.1, 0.15) is 36.5 Å². The molecule has 1 aliphatic rings. The van der Waals surface area contributed by atoms with Crippen LogP contribution in [0.4, 0.5) is 0 Å². The molecule has 0 radical (unpaired) electrons. The minimum atomic E-state index is -3.51. The van der Waals surface area contributed by atoms with Crippen LogP contribution in [0.2, 0.25) is 0 Å². The maximum absolute atomic E-state index is 12.2. The van der Waals surface area contributed by atoms with Gasteiger partial charge in [-0.3, -0.25) is 4.79 Å². The number of hydrogen-bond acceptors (Lipinski definition) is 5. The van der Waals surface area contributed by atoms with Crippen LogP contribution >= 0.6 is 15.9 Å². The molecule has 0 saturated carbocycles. The lowest BCUT2D eigenvalue weighted by atomic mass is 10.2. The summed E-state index contributed by atoms with van der Waals surface area (Å²) < 4.78 is 27.4. The topological polar surface area (TPSA) is 93.9 Å². The monoisotopic (exact) mass is 454 g/mol. The fourth-order valence-corrected chi connectivity index (χ4v) is 4.75. The number of halogens is 1. The van der Waals surface area contributed by atoms with Gasteiger partial charge in [0.05, 0.1) is 5.75 Å². The Bertz CT molecular complexity index is 894. The molecule has 0 unspecified atom stereocenters. The first-order valence-corrected chi connectivity index (χ1v) is 11.7. The Morgan fingerprint density at radius 3 is 2.70 bits per heavy atom. The fourth-order valence-electron chi connectivity index (χ4n) is 3.18. The van der Waals surface area contributed by atoms with Gasteiger partial charge in [0.2, 0.25) is 5.91 Å². The number of aryl methyl sites for hydroxylation is 1. The molecule has 1 aliphatic heterocycles. The second-order valence-corrected chi connectivity index (χ2v) is 9.73. The standard InChI is InChI=1S/C18H23BrN4O3S/c19-15-7-5-14(6-8-15)12-27(25,26)13-18(24)20-10-9-17-22-21-16-4-2-1-3-11-23(16)17/h5-8H,1-4,9-13H2,(H,20,24). The number of rotatable bonds is 7. The van der Waals surface area contributed by atoms with Gasteiger partial charge in [-0.1, -0.05) is 34.5 Å². The molecule has 1 aromatic carbocycles. The second kappa shape index (κ2) is 8.97. The third-order valence-electron chi connectivity index (χ3n) is 4.51. The average molecular weight is 455 g/mol. The van der Waals surface area contributed by atoms with Crippen molar-refractivity contribution in [1.82, 2.24) is 20.1 Å². The molecule has 0 fully saturated rings. The van der Waals surface area contributed by atoms with E-state index in [1.807, 2.05) is 0 Å². The molecule has 3 rings (SSSR count). The van der Waals surface area contributed by atoms with Crippen molar-refractivity contribution in [3.8, 4) is 0 Å². The van der Waals surface area contributed by atoms with Gasteiger partial charge in [-0.2, -0.15) is 0 Å². The summed E-state index contributed by atoms with van der Waals surface area (Å²) in [5.74, 6) is 0.713. The highest BCUT2D eigenvalue weighted by Crippen LogP contribution is 2.15. The van der Waals surface area contributed by atoms with E-state index in [4.69, 9.17) is 0 Å². The Kier molecular flexibility index (Phi) is 6.64. The van der Waals surface area contributed by atoms with Gasteiger partial charge in [0.1, 0.15) is 17.4 Å². The molecule has 9 heteroatoms. The quantitative estimate of drug-likeness (QED) is 0.690. The highest BCUT2D eigenvalue weighted by atomic mass is 79.9. The first-order chi connectivity index (χ1) is 12.9. The number of nitrogens with one attached hydrogen (secondary N) is 1. The molecular formula is C18H23BrN4O3S. The van der Waals surface area contributed by atoms with Crippen molar-refractivity contribution in [2.75, 3.05) is 12.3 Å². The van der Waals surface area contributed by atoms with Crippen molar-refractivity contribution in [2.45, 2.75) is 44.4 Å². The molecule has 0 atom stereocenters. The van der Waals surface area contributed by atoms with Gasteiger partial charge < -0.3 is 9.88 Å². The average Bonchev–Trinajstić information content (AvgIpc) is 2.84. The third kappa shape index (κ3) is 5.87. The molecule has 0 aliphatic carbocycles. The van der Waals surface area contributed by atoms with Crippen molar-refractivity contribution >= 4 is 31.7 Å². The minimum Gasteiger partial charge on any atom is -0.355 e. The number of sulfone groups is 1. The maximum atomic E-state index is 12.2. The lowest BCUT2D eigenvalue weighted by Crippen LogP contribution is -2.32. The molecule has 1 aromatic heterocycles. The van der Waals surface area contributed by atoms with Crippen LogP contribution in [0.5, 0.6) is 0 Å². The first kappa shape index (κ1) is 20.0. The summed E-state index contributed by atoms with van der Waals surface area (Å²) in [6.45, 7) is 1.26. The molecule has 7 nitrogen and oxygen atoms in total. The van der Waals surface area contributed by atoms with Crippen molar-refractivity contribution in [3.63, 3.8) is 0 Å². The van der Waals surface area contributed by atoms with E-state index in [9.17, 15) is 13.2 Å². The Balaban J connectivity index is 1.48. The maximum Gasteiger partial charge on any atom is 0.235 e. The van der Waals surface area contributed by atoms with Crippen LogP contribution in [0.15, 0.2) is 28.7 Å². The zero-order valence-electron chi connectivity index (χ0n) is 15.0. The largest absolute Gasteiger partial charge is 0.355 e. The summed E-state index contributed by atoms with van der Waals surface area (Å²) >= 11 is 3.31. The Labute approximate surface area is 167 Å². The van der Waals surface area contributed by atoms with Gasteiger partial charge in [-0.15, -0.1) is 10.2 Å². The van der Waals surface area contributed by atoms with Gasteiger partial charge in [0.15, 0.2) is 9.84 Å². The fraction of sp³-hybridized carbons (Fsp3) is 0.500. The van der Waals surface area contributed by atoms with Crippen LogP contribution in [-0.4, -0.2) is 41.4 Å². The van der Waals surface area contributed by atoms with Crippen LogP contribution in [0.3, 0.4) is 0 Å². The predicted octanol–water partition coefficient (Wildman–Crippen LogP) is 2.04. The summed E-state index contributed by atoms with van der Waals surface area (Å²) in [5.41, 5.74) is 0.664. The van der Waals surface area contributed by atoms with E-state index >= 15 is 0 Å². The SMILES string of the molecule is O=C(CS(=O)(=O)Cc1ccc(Br)cc1)NCCc1nnc2n1CCCCC2. The van der Waals surface area contributed by atoms with Gasteiger partial charge >= 0.3 is 0 Å². The molecule has 0 saturated heterocycles. The summed E-state index contributed by atoms with van der Waals surface area (Å²) in [6.07, 6.45) is 4.92. The number of carbonyl (C=O) groups excluding carboxylic acids is 1. The van der Waals surface area contributed by atoms with Crippen molar-refractivity contribution in [3.05, 3.63) is 46.0 Å². The third-order valence-corrected chi connectivity index (χ3v) is 6.51. The van der Waals surface area contributed by atoms with E-state index in [-0.39, 0.29) is 5.75 Å². The predicted molar refractivity (Wildman–Crippen MR) is 106 cm³/mol. The number of nitrogens with zero attached hydrogens (tertiary/aromatic N) is 3. The summed E-state index contributed by atoms with van der Waals surface area (Å²) in [6, 6.07) is 7.03. The number of amides is 1. The summed E-state index contributed by atoms with van der Waals surface area (Å²) in [5, 5.41) is 11.1. The number of benzene rings is 1. The molecule has 27 heavy (non-hydrogen) atoms. The number of carbonyl (C=O) groups is 1. The molecule has 2 aromatic rings. The first-order valence-electron chi connectivity index (χ1n) is 9.05. The molecule has 146 valence electrons. The Hall–Kier alpha value is -1.74. The highest BCUT2D eigenvalue weighted by Gasteiger charge is 2.18. The van der Waals surface area contributed by atoms with Crippen molar-refractivity contribution in [2.24, 2.45) is 0 Å². The van der Waals surface area contributed by atoms with Gasteiger partial charge in [0.25, 0.3) is 0 Å². The summed E-state index contributed by atoms with van der Waals surface area (Å²) in [4.78, 5) is 12.0. The van der Waals surface area contributed by atoms with E-state index < -0.39 is 21.5 Å². The Morgan fingerprint density at radius 2 is 1.93 bits per heavy atom. The van der Waals surface area contributed by atoms with Gasteiger partial charge in [0, 0.05) is 30.4 Å². The summed E-state index contributed by atoms with van der Waals surface area (Å²) in [7, 11) is -3.51. The van der Waals surface area contributed by atoms with Crippen LogP contribution in [0, 0.1) is 0 Å². The molecule has 1 amide bonds. The highest BCUT2D eigenvalue weighted by molar-refractivity contribution is 9.10. The van der Waals surface area contributed by atoms with E-state index in [2.05, 4.69) is 36.0 Å². The number of fused-ring (bicyclic) bond motifs is 1. The Morgan fingerprint density at radius 1 is 1.15 bits per heavy atom. The molecule has 2 heterocycles. The van der Waals surface area contributed by atoms with Crippen LogP contribution in [0.25, 0.3) is 0 Å². The molecular weight excluding hydrogens is 432 g/mol. The zero-order valence-corrected chi connectivity index (χ0v) is 17.4. The molecule has 1 N–H and O–H groups in total. The molecule has 0 bridgehead atoms. The second-order valence-electron chi connectivity index (χ2n) is 6.75. The van der Waals surface area contributed by atoms with E-state index in [1.165, 1.54) is 6.42 Å². The number of aromatic nitrogens is 3. The smallest absolute Gasteiger partial charge is 0.235 e. The van der Waals surface area contributed by atoms with Crippen molar-refractivity contribution < 1.29 is 13.2 Å². The van der Waals surface area contributed by atoms with E-state index in [1.54, 1.807) is 24.3 Å². The van der Waals surface area contributed by atoms with Gasteiger partial charge in [-0.25, -0.2) is 8.42 Å². The van der Waals surface area contributed by atoms with Crippen LogP contribution < -0.4 is 5.32 Å². The lowest BCUT2D eigenvalue weighted by molar-refractivity contribution is -0.118.